The van der Waals surface area contributed by atoms with E-state index in [1.807, 2.05) is 18.2 Å². The Kier molecular flexibility index (Phi) is 5.13. The molecule has 0 aliphatic rings. The highest BCUT2D eigenvalue weighted by atomic mass is 16.5. The van der Waals surface area contributed by atoms with Crippen LogP contribution in [-0.4, -0.2) is 46.0 Å². The summed E-state index contributed by atoms with van der Waals surface area (Å²) in [4.78, 5) is 0. The topological polar surface area (TPSA) is 89.6 Å². The molecule has 1 aromatic heterocycles. The van der Waals surface area contributed by atoms with Gasteiger partial charge < -0.3 is 19.7 Å². The molecule has 0 aliphatic heterocycles. The van der Waals surface area contributed by atoms with Crippen LogP contribution in [0, 0.1) is 0 Å². The summed E-state index contributed by atoms with van der Waals surface area (Å²) in [6.45, 7) is 0.122. The predicted molar refractivity (Wildman–Crippen MR) is 75.4 cm³/mol. The summed E-state index contributed by atoms with van der Waals surface area (Å²) in [6, 6.07) is 5.61. The Morgan fingerprint density at radius 1 is 1.14 bits per heavy atom. The second-order valence-electron chi connectivity index (χ2n) is 4.45. The lowest BCUT2D eigenvalue weighted by Crippen LogP contribution is -2.10. The number of nitrogens with zero attached hydrogens (tertiary/aromatic N) is 3. The number of aliphatic hydroxyl groups is 2. The molecule has 0 spiro atoms. The van der Waals surface area contributed by atoms with Gasteiger partial charge in [0.05, 0.1) is 39.7 Å². The van der Waals surface area contributed by atoms with Crippen molar-refractivity contribution in [1.82, 2.24) is 15.0 Å². The van der Waals surface area contributed by atoms with E-state index >= 15 is 0 Å². The van der Waals surface area contributed by atoms with E-state index in [2.05, 4.69) is 10.3 Å². The SMILES string of the molecule is COc1ccc(Cc2c(CO)nnn2CCO)cc1OC. The number of rotatable bonds is 7. The third-order valence-electron chi connectivity index (χ3n) is 3.20. The van der Waals surface area contributed by atoms with Gasteiger partial charge in [0.25, 0.3) is 0 Å². The molecule has 0 saturated carbocycles. The van der Waals surface area contributed by atoms with Crippen molar-refractivity contribution in [2.24, 2.45) is 0 Å². The largest absolute Gasteiger partial charge is 0.493 e. The van der Waals surface area contributed by atoms with Crippen LogP contribution < -0.4 is 9.47 Å². The van der Waals surface area contributed by atoms with E-state index < -0.39 is 0 Å². The molecule has 1 heterocycles. The van der Waals surface area contributed by atoms with Crippen molar-refractivity contribution in [2.45, 2.75) is 19.6 Å². The number of hydrogen-bond acceptors (Lipinski definition) is 6. The van der Waals surface area contributed by atoms with Crippen LogP contribution in [0.4, 0.5) is 0 Å². The lowest BCUT2D eigenvalue weighted by Gasteiger charge is -2.10. The molecule has 21 heavy (non-hydrogen) atoms. The highest BCUT2D eigenvalue weighted by molar-refractivity contribution is 5.44. The molecule has 0 unspecified atom stereocenters. The Balaban J connectivity index is 2.31. The maximum absolute atomic E-state index is 9.34. The first-order valence-electron chi connectivity index (χ1n) is 6.57. The highest BCUT2D eigenvalue weighted by Crippen LogP contribution is 2.28. The van der Waals surface area contributed by atoms with Crippen molar-refractivity contribution in [3.8, 4) is 11.5 Å². The van der Waals surface area contributed by atoms with Crippen LogP contribution in [0.2, 0.25) is 0 Å². The lowest BCUT2D eigenvalue weighted by atomic mass is 10.1. The Morgan fingerprint density at radius 2 is 1.90 bits per heavy atom. The smallest absolute Gasteiger partial charge is 0.160 e. The quantitative estimate of drug-likeness (QED) is 0.766. The Hall–Kier alpha value is -2.12. The molecular weight excluding hydrogens is 274 g/mol. The first kappa shape index (κ1) is 15.3. The van der Waals surface area contributed by atoms with Gasteiger partial charge in [-0.1, -0.05) is 11.3 Å². The molecule has 0 radical (unpaired) electrons. The zero-order valence-electron chi connectivity index (χ0n) is 12.1. The second kappa shape index (κ2) is 7.05. The molecule has 7 heteroatoms. The first-order chi connectivity index (χ1) is 10.2. The molecule has 2 aromatic rings. The minimum Gasteiger partial charge on any atom is -0.493 e. The van der Waals surface area contributed by atoms with E-state index in [1.54, 1.807) is 18.9 Å². The maximum Gasteiger partial charge on any atom is 0.160 e. The zero-order valence-corrected chi connectivity index (χ0v) is 12.1. The molecule has 2 rings (SSSR count). The lowest BCUT2D eigenvalue weighted by molar-refractivity contribution is 0.265. The number of methoxy groups -OCH3 is 2. The molecule has 0 bridgehead atoms. The summed E-state index contributed by atoms with van der Waals surface area (Å²) in [5.41, 5.74) is 2.26. The van der Waals surface area contributed by atoms with Gasteiger partial charge in [-0.2, -0.15) is 0 Å². The summed E-state index contributed by atoms with van der Waals surface area (Å²) in [7, 11) is 3.17. The first-order valence-corrected chi connectivity index (χ1v) is 6.57. The summed E-state index contributed by atoms with van der Waals surface area (Å²) in [5.74, 6) is 1.30. The third kappa shape index (κ3) is 3.32. The second-order valence-corrected chi connectivity index (χ2v) is 4.45. The van der Waals surface area contributed by atoms with E-state index in [4.69, 9.17) is 14.6 Å². The fraction of sp³-hybridized carbons (Fsp3) is 0.429. The molecule has 0 atom stereocenters. The minimum atomic E-state index is -0.186. The normalized spacial score (nSPS) is 10.7. The third-order valence-corrected chi connectivity index (χ3v) is 3.20. The van der Waals surface area contributed by atoms with Crippen LogP contribution in [0.25, 0.3) is 0 Å². The maximum atomic E-state index is 9.34. The van der Waals surface area contributed by atoms with Crippen LogP contribution in [-0.2, 0) is 19.6 Å². The van der Waals surface area contributed by atoms with Crippen LogP contribution in [0.3, 0.4) is 0 Å². The summed E-state index contributed by atoms with van der Waals surface area (Å²) < 4.78 is 12.1. The van der Waals surface area contributed by atoms with Gasteiger partial charge in [0.15, 0.2) is 11.5 Å². The molecule has 0 saturated heterocycles. The van der Waals surface area contributed by atoms with Gasteiger partial charge in [-0.15, -0.1) is 5.10 Å². The van der Waals surface area contributed by atoms with Crippen molar-refractivity contribution in [1.29, 1.82) is 0 Å². The van der Waals surface area contributed by atoms with Crippen LogP contribution in [0.1, 0.15) is 17.0 Å². The summed E-state index contributed by atoms with van der Waals surface area (Å²) in [5, 5.41) is 26.3. The Bertz CT molecular complexity index is 598. The number of benzene rings is 1. The molecule has 1 aromatic carbocycles. The Labute approximate surface area is 122 Å². The Morgan fingerprint density at radius 3 is 2.52 bits per heavy atom. The van der Waals surface area contributed by atoms with E-state index in [9.17, 15) is 5.11 Å². The fourth-order valence-corrected chi connectivity index (χ4v) is 2.14. The van der Waals surface area contributed by atoms with Gasteiger partial charge in [-0.3, -0.25) is 0 Å². The van der Waals surface area contributed by atoms with Crippen molar-refractivity contribution in [3.05, 3.63) is 35.2 Å². The molecule has 114 valence electrons. The van der Waals surface area contributed by atoms with Crippen molar-refractivity contribution >= 4 is 0 Å². The van der Waals surface area contributed by atoms with E-state index in [0.717, 1.165) is 11.3 Å². The number of hydrogen-bond donors (Lipinski definition) is 2. The summed E-state index contributed by atoms with van der Waals surface area (Å²) in [6.07, 6.45) is 0.531. The van der Waals surface area contributed by atoms with Gasteiger partial charge in [0.1, 0.15) is 5.69 Å². The van der Waals surface area contributed by atoms with Crippen LogP contribution >= 0.6 is 0 Å². The fourth-order valence-electron chi connectivity index (χ4n) is 2.14. The zero-order chi connectivity index (χ0) is 15.2. The molecule has 7 nitrogen and oxygen atoms in total. The molecule has 0 amide bonds. The van der Waals surface area contributed by atoms with E-state index in [-0.39, 0.29) is 13.2 Å². The van der Waals surface area contributed by atoms with Gasteiger partial charge in [0, 0.05) is 6.42 Å². The standard InChI is InChI=1S/C14H19N3O4/c1-20-13-4-3-10(8-14(13)21-2)7-12-11(9-19)15-16-17(12)5-6-18/h3-4,8,18-19H,5-7,9H2,1-2H3. The van der Waals surface area contributed by atoms with Gasteiger partial charge in [-0.25, -0.2) is 4.68 Å². The highest BCUT2D eigenvalue weighted by Gasteiger charge is 2.14. The van der Waals surface area contributed by atoms with Crippen molar-refractivity contribution < 1.29 is 19.7 Å². The minimum absolute atomic E-state index is 0.0346. The summed E-state index contributed by atoms with van der Waals surface area (Å²) >= 11 is 0. The van der Waals surface area contributed by atoms with Crippen molar-refractivity contribution in [3.63, 3.8) is 0 Å². The van der Waals surface area contributed by atoms with Gasteiger partial charge in [0.2, 0.25) is 0 Å². The van der Waals surface area contributed by atoms with E-state index in [0.29, 0.717) is 30.2 Å². The number of aliphatic hydroxyl groups excluding tert-OH is 2. The van der Waals surface area contributed by atoms with Crippen molar-refractivity contribution in [2.75, 3.05) is 20.8 Å². The van der Waals surface area contributed by atoms with Gasteiger partial charge >= 0.3 is 0 Å². The van der Waals surface area contributed by atoms with Crippen LogP contribution in [0.5, 0.6) is 11.5 Å². The molecule has 2 N–H and O–H groups in total. The average Bonchev–Trinajstić information content (AvgIpc) is 2.89. The predicted octanol–water partition coefficient (Wildman–Crippen LogP) is 0.371. The van der Waals surface area contributed by atoms with Crippen LogP contribution in [0.15, 0.2) is 18.2 Å². The van der Waals surface area contributed by atoms with E-state index in [1.165, 1.54) is 0 Å². The average molecular weight is 293 g/mol. The number of ether oxygens (including phenoxy) is 2. The monoisotopic (exact) mass is 293 g/mol. The molecule has 0 fully saturated rings. The number of aromatic nitrogens is 3. The van der Waals surface area contributed by atoms with Gasteiger partial charge in [-0.05, 0) is 17.7 Å². The molecular formula is C14H19N3O4. The molecule has 0 aliphatic carbocycles.